The minimum absolute atomic E-state index is 0.101. The summed E-state index contributed by atoms with van der Waals surface area (Å²) in [5, 5.41) is 10.9. The molecular weight excluding hydrogens is 296 g/mol. The molecule has 0 spiro atoms. The minimum Gasteiger partial charge on any atom is -0.372 e. The fraction of sp³-hybridized carbons (Fsp3) is 0.550. The SMILES string of the molecule is CC(C)(C)c1[nH]ncc1CNCc1ccc(N2CCCCC2)cc1. The van der Waals surface area contributed by atoms with Crippen molar-refractivity contribution in [3.8, 4) is 0 Å². The predicted molar refractivity (Wildman–Crippen MR) is 100 cm³/mol. The zero-order valence-corrected chi connectivity index (χ0v) is 15.2. The van der Waals surface area contributed by atoms with E-state index in [1.165, 1.54) is 54.9 Å². The third kappa shape index (κ3) is 4.18. The van der Waals surface area contributed by atoms with E-state index in [0.29, 0.717) is 0 Å². The first-order valence-electron chi connectivity index (χ1n) is 9.11. The maximum atomic E-state index is 4.21. The highest BCUT2D eigenvalue weighted by molar-refractivity contribution is 5.47. The Morgan fingerprint density at radius 1 is 1.04 bits per heavy atom. The molecule has 2 aromatic rings. The van der Waals surface area contributed by atoms with Crippen molar-refractivity contribution in [3.05, 3.63) is 47.3 Å². The molecular formula is C20H30N4. The van der Waals surface area contributed by atoms with Crippen LogP contribution < -0.4 is 10.2 Å². The van der Waals surface area contributed by atoms with Gasteiger partial charge in [-0.05, 0) is 37.0 Å². The Bertz CT molecular complexity index is 630. The van der Waals surface area contributed by atoms with E-state index in [4.69, 9.17) is 0 Å². The van der Waals surface area contributed by atoms with Gasteiger partial charge in [-0.15, -0.1) is 0 Å². The average molecular weight is 326 g/mol. The molecule has 0 radical (unpaired) electrons. The van der Waals surface area contributed by atoms with Crippen molar-refractivity contribution >= 4 is 5.69 Å². The predicted octanol–water partition coefficient (Wildman–Crippen LogP) is 3.99. The van der Waals surface area contributed by atoms with E-state index >= 15 is 0 Å². The van der Waals surface area contributed by atoms with Gasteiger partial charge >= 0.3 is 0 Å². The second-order valence-electron chi connectivity index (χ2n) is 7.84. The van der Waals surface area contributed by atoms with Gasteiger partial charge in [-0.3, -0.25) is 5.10 Å². The molecule has 3 rings (SSSR count). The van der Waals surface area contributed by atoms with Gasteiger partial charge in [0, 0.05) is 48.5 Å². The van der Waals surface area contributed by atoms with Crippen LogP contribution >= 0.6 is 0 Å². The first-order chi connectivity index (χ1) is 11.5. The Morgan fingerprint density at radius 3 is 2.42 bits per heavy atom. The maximum absolute atomic E-state index is 4.21. The van der Waals surface area contributed by atoms with Gasteiger partial charge in [0.05, 0.1) is 6.20 Å². The number of rotatable bonds is 5. The smallest absolute Gasteiger partial charge is 0.0535 e. The number of nitrogens with one attached hydrogen (secondary N) is 2. The van der Waals surface area contributed by atoms with Gasteiger partial charge in [-0.2, -0.15) is 5.10 Å². The van der Waals surface area contributed by atoms with Crippen molar-refractivity contribution < 1.29 is 0 Å². The summed E-state index contributed by atoms with van der Waals surface area (Å²) in [6, 6.07) is 9.02. The summed E-state index contributed by atoms with van der Waals surface area (Å²) < 4.78 is 0. The topological polar surface area (TPSA) is 44.0 Å². The fourth-order valence-electron chi connectivity index (χ4n) is 3.41. The molecule has 1 fully saturated rings. The van der Waals surface area contributed by atoms with Crippen molar-refractivity contribution in [2.24, 2.45) is 0 Å². The molecule has 0 aliphatic carbocycles. The summed E-state index contributed by atoms with van der Waals surface area (Å²) in [4.78, 5) is 2.50. The van der Waals surface area contributed by atoms with Crippen molar-refractivity contribution in [1.82, 2.24) is 15.5 Å². The minimum atomic E-state index is 0.101. The normalized spacial score (nSPS) is 15.7. The number of H-pyrrole nitrogens is 1. The highest BCUT2D eigenvalue weighted by atomic mass is 15.1. The van der Waals surface area contributed by atoms with Crippen LogP contribution in [0.1, 0.15) is 56.9 Å². The Kier molecular flexibility index (Phi) is 5.24. The van der Waals surface area contributed by atoms with E-state index in [9.17, 15) is 0 Å². The molecule has 0 bridgehead atoms. The fourth-order valence-corrected chi connectivity index (χ4v) is 3.41. The van der Waals surface area contributed by atoms with E-state index < -0.39 is 0 Å². The molecule has 0 saturated carbocycles. The number of piperidine rings is 1. The second kappa shape index (κ2) is 7.39. The highest BCUT2D eigenvalue weighted by Crippen LogP contribution is 2.23. The molecule has 130 valence electrons. The van der Waals surface area contributed by atoms with Crippen molar-refractivity contribution in [2.75, 3.05) is 18.0 Å². The number of benzene rings is 1. The first-order valence-corrected chi connectivity index (χ1v) is 9.11. The number of nitrogens with zero attached hydrogens (tertiary/aromatic N) is 2. The van der Waals surface area contributed by atoms with Crippen molar-refractivity contribution in [1.29, 1.82) is 0 Å². The van der Waals surface area contributed by atoms with E-state index in [2.05, 4.69) is 65.5 Å². The first kappa shape index (κ1) is 17.0. The molecule has 24 heavy (non-hydrogen) atoms. The summed E-state index contributed by atoms with van der Waals surface area (Å²) in [5.74, 6) is 0. The van der Waals surface area contributed by atoms with Gasteiger partial charge in [0.25, 0.3) is 0 Å². The Morgan fingerprint density at radius 2 is 1.75 bits per heavy atom. The number of aromatic nitrogens is 2. The number of hydrogen-bond donors (Lipinski definition) is 2. The van der Waals surface area contributed by atoms with Gasteiger partial charge in [-0.1, -0.05) is 32.9 Å². The molecule has 1 saturated heterocycles. The summed E-state index contributed by atoms with van der Waals surface area (Å²) in [5.41, 5.74) is 5.27. The summed E-state index contributed by atoms with van der Waals surface area (Å²) >= 11 is 0. The molecule has 4 heteroatoms. The molecule has 0 atom stereocenters. The van der Waals surface area contributed by atoms with Gasteiger partial charge < -0.3 is 10.2 Å². The molecule has 2 heterocycles. The Balaban J connectivity index is 1.53. The lowest BCUT2D eigenvalue weighted by Crippen LogP contribution is -2.29. The molecule has 0 amide bonds. The van der Waals surface area contributed by atoms with Gasteiger partial charge in [-0.25, -0.2) is 0 Å². The number of hydrogen-bond acceptors (Lipinski definition) is 3. The zero-order chi connectivity index (χ0) is 17.0. The zero-order valence-electron chi connectivity index (χ0n) is 15.2. The van der Waals surface area contributed by atoms with Gasteiger partial charge in [0.1, 0.15) is 0 Å². The van der Waals surface area contributed by atoms with E-state index in [-0.39, 0.29) is 5.41 Å². The molecule has 1 aromatic heterocycles. The monoisotopic (exact) mass is 326 g/mol. The largest absolute Gasteiger partial charge is 0.372 e. The van der Waals surface area contributed by atoms with E-state index in [1.54, 1.807) is 0 Å². The molecule has 1 aromatic carbocycles. The van der Waals surface area contributed by atoms with Crippen LogP contribution in [0, 0.1) is 0 Å². The van der Waals surface area contributed by atoms with E-state index in [1.807, 2.05) is 6.20 Å². The molecule has 1 aliphatic heterocycles. The quantitative estimate of drug-likeness (QED) is 0.873. The third-order valence-corrected chi connectivity index (χ3v) is 4.77. The molecule has 1 aliphatic rings. The van der Waals surface area contributed by atoms with Crippen LogP contribution in [0.15, 0.2) is 30.5 Å². The summed E-state index contributed by atoms with van der Waals surface area (Å²) in [7, 11) is 0. The molecule has 4 nitrogen and oxygen atoms in total. The van der Waals surface area contributed by atoms with Crippen LogP contribution in [0.2, 0.25) is 0 Å². The van der Waals surface area contributed by atoms with Crippen molar-refractivity contribution in [2.45, 2.75) is 58.5 Å². The molecule has 2 N–H and O–H groups in total. The van der Waals surface area contributed by atoms with Crippen LogP contribution in [-0.4, -0.2) is 23.3 Å². The van der Waals surface area contributed by atoms with Crippen LogP contribution in [-0.2, 0) is 18.5 Å². The lowest BCUT2D eigenvalue weighted by atomic mass is 9.89. The average Bonchev–Trinajstić information content (AvgIpc) is 3.05. The highest BCUT2D eigenvalue weighted by Gasteiger charge is 2.19. The number of anilines is 1. The maximum Gasteiger partial charge on any atom is 0.0535 e. The second-order valence-corrected chi connectivity index (χ2v) is 7.84. The summed E-state index contributed by atoms with van der Waals surface area (Å²) in [6.07, 6.45) is 5.96. The Labute approximate surface area is 145 Å². The number of aromatic amines is 1. The lowest BCUT2D eigenvalue weighted by molar-refractivity contribution is 0.553. The standard InChI is InChI=1S/C20H30N4/c1-20(2,3)19-17(15-22-23-19)14-21-13-16-7-9-18(10-8-16)24-11-5-4-6-12-24/h7-10,15,21H,4-6,11-14H2,1-3H3,(H,22,23). The van der Waals surface area contributed by atoms with Crippen LogP contribution in [0.3, 0.4) is 0 Å². The summed E-state index contributed by atoms with van der Waals surface area (Å²) in [6.45, 7) is 10.8. The van der Waals surface area contributed by atoms with Crippen LogP contribution in [0.4, 0.5) is 5.69 Å². The van der Waals surface area contributed by atoms with Crippen molar-refractivity contribution in [3.63, 3.8) is 0 Å². The van der Waals surface area contributed by atoms with Crippen LogP contribution in [0.5, 0.6) is 0 Å². The molecule has 0 unspecified atom stereocenters. The lowest BCUT2D eigenvalue weighted by Gasteiger charge is -2.28. The van der Waals surface area contributed by atoms with Gasteiger partial charge in [0.15, 0.2) is 0 Å². The van der Waals surface area contributed by atoms with Crippen LogP contribution in [0.25, 0.3) is 0 Å². The van der Waals surface area contributed by atoms with E-state index in [0.717, 1.165) is 13.1 Å². The van der Waals surface area contributed by atoms with Gasteiger partial charge in [0.2, 0.25) is 0 Å². The third-order valence-electron chi connectivity index (χ3n) is 4.77. The Hall–Kier alpha value is -1.81.